The SMILES string of the molecule is CCOC(=O)NC(C)C=C(C)C(=O)O.CNC. The van der Waals surface area contributed by atoms with Crippen molar-refractivity contribution in [1.82, 2.24) is 10.6 Å². The van der Waals surface area contributed by atoms with Gasteiger partial charge in [-0.3, -0.25) is 0 Å². The molecule has 0 fully saturated rings. The topological polar surface area (TPSA) is 87.7 Å². The predicted molar refractivity (Wildman–Crippen MR) is 66.0 cm³/mol. The van der Waals surface area contributed by atoms with Gasteiger partial charge in [0.15, 0.2) is 0 Å². The Balaban J connectivity index is 0. The highest BCUT2D eigenvalue weighted by Crippen LogP contribution is 1.96. The molecule has 0 aliphatic heterocycles. The molecule has 0 saturated carbocycles. The van der Waals surface area contributed by atoms with Gasteiger partial charge in [0, 0.05) is 11.6 Å². The van der Waals surface area contributed by atoms with E-state index >= 15 is 0 Å². The molecule has 6 heteroatoms. The largest absolute Gasteiger partial charge is 0.478 e. The summed E-state index contributed by atoms with van der Waals surface area (Å²) >= 11 is 0. The smallest absolute Gasteiger partial charge is 0.407 e. The number of rotatable bonds is 4. The number of hydrogen-bond donors (Lipinski definition) is 3. The van der Waals surface area contributed by atoms with Crippen molar-refractivity contribution in [3.8, 4) is 0 Å². The quantitative estimate of drug-likeness (QED) is 0.644. The van der Waals surface area contributed by atoms with E-state index in [4.69, 9.17) is 5.11 Å². The van der Waals surface area contributed by atoms with Gasteiger partial charge >= 0.3 is 12.1 Å². The first-order valence-electron chi connectivity index (χ1n) is 5.32. The number of hydrogen-bond acceptors (Lipinski definition) is 4. The Bertz CT molecular complexity index is 264. The van der Waals surface area contributed by atoms with Crippen molar-refractivity contribution in [1.29, 1.82) is 0 Å². The number of ether oxygens (including phenoxy) is 1. The number of carboxylic acid groups (broad SMARTS) is 1. The van der Waals surface area contributed by atoms with Gasteiger partial charge in [-0.05, 0) is 34.9 Å². The predicted octanol–water partition coefficient (Wildman–Crippen LogP) is 0.988. The first-order valence-corrected chi connectivity index (χ1v) is 5.32. The summed E-state index contributed by atoms with van der Waals surface area (Å²) in [6.07, 6.45) is 0.897. The van der Waals surface area contributed by atoms with Crippen LogP contribution in [0.4, 0.5) is 4.79 Å². The lowest BCUT2D eigenvalue weighted by Gasteiger charge is -2.09. The lowest BCUT2D eigenvalue weighted by Crippen LogP contribution is -2.32. The first kappa shape index (κ1) is 17.8. The van der Waals surface area contributed by atoms with Crippen molar-refractivity contribution in [3.63, 3.8) is 0 Å². The summed E-state index contributed by atoms with van der Waals surface area (Å²) in [6, 6.07) is -0.356. The summed E-state index contributed by atoms with van der Waals surface area (Å²) in [6.45, 7) is 5.12. The molecule has 0 aromatic heterocycles. The minimum atomic E-state index is -0.998. The van der Waals surface area contributed by atoms with Crippen LogP contribution in [0, 0.1) is 0 Å². The van der Waals surface area contributed by atoms with Crippen LogP contribution in [-0.2, 0) is 9.53 Å². The molecule has 1 unspecified atom stereocenters. The van der Waals surface area contributed by atoms with Crippen LogP contribution in [0.15, 0.2) is 11.6 Å². The Morgan fingerprint density at radius 2 is 1.88 bits per heavy atom. The fraction of sp³-hybridized carbons (Fsp3) is 0.636. The van der Waals surface area contributed by atoms with Gasteiger partial charge in [0.05, 0.1) is 6.61 Å². The van der Waals surface area contributed by atoms with Gasteiger partial charge < -0.3 is 20.5 Å². The number of aliphatic carboxylic acids is 1. The molecule has 0 aromatic rings. The average molecular weight is 246 g/mol. The molecule has 0 saturated heterocycles. The zero-order valence-corrected chi connectivity index (χ0v) is 11.0. The van der Waals surface area contributed by atoms with Crippen molar-refractivity contribution in [2.75, 3.05) is 20.7 Å². The molecule has 17 heavy (non-hydrogen) atoms. The van der Waals surface area contributed by atoms with E-state index in [2.05, 4.69) is 15.4 Å². The maximum Gasteiger partial charge on any atom is 0.407 e. The fourth-order valence-electron chi connectivity index (χ4n) is 0.847. The fourth-order valence-corrected chi connectivity index (χ4v) is 0.847. The van der Waals surface area contributed by atoms with Gasteiger partial charge in [0.25, 0.3) is 0 Å². The monoisotopic (exact) mass is 246 g/mol. The van der Waals surface area contributed by atoms with E-state index in [0.29, 0.717) is 6.61 Å². The zero-order valence-electron chi connectivity index (χ0n) is 11.0. The van der Waals surface area contributed by atoms with Crippen molar-refractivity contribution >= 4 is 12.1 Å². The number of amides is 1. The Labute approximate surface area is 102 Å². The second kappa shape index (κ2) is 10.9. The van der Waals surface area contributed by atoms with Crippen LogP contribution in [0.3, 0.4) is 0 Å². The average Bonchev–Trinajstić information content (AvgIpc) is 2.18. The van der Waals surface area contributed by atoms with Crippen molar-refractivity contribution in [2.24, 2.45) is 0 Å². The molecule has 0 aliphatic carbocycles. The molecule has 3 N–H and O–H groups in total. The van der Waals surface area contributed by atoms with Crippen LogP contribution in [0.5, 0.6) is 0 Å². The number of nitrogens with one attached hydrogen (secondary N) is 2. The maximum atomic E-state index is 10.9. The van der Waals surface area contributed by atoms with Crippen molar-refractivity contribution < 1.29 is 19.4 Å². The van der Waals surface area contributed by atoms with Crippen LogP contribution in [0.1, 0.15) is 20.8 Å². The number of carbonyl (C=O) groups is 2. The molecular weight excluding hydrogens is 224 g/mol. The molecule has 0 aliphatic rings. The van der Waals surface area contributed by atoms with E-state index in [1.807, 2.05) is 14.1 Å². The minimum absolute atomic E-state index is 0.189. The van der Waals surface area contributed by atoms with Crippen molar-refractivity contribution in [3.05, 3.63) is 11.6 Å². The molecule has 1 atom stereocenters. The van der Waals surface area contributed by atoms with Gasteiger partial charge in [-0.15, -0.1) is 0 Å². The van der Waals surface area contributed by atoms with Gasteiger partial charge in [-0.25, -0.2) is 9.59 Å². The Morgan fingerprint density at radius 3 is 2.24 bits per heavy atom. The number of alkyl carbamates (subject to hydrolysis) is 1. The summed E-state index contributed by atoms with van der Waals surface area (Å²) in [5, 5.41) is 13.8. The zero-order chi connectivity index (χ0) is 13.8. The van der Waals surface area contributed by atoms with Crippen LogP contribution >= 0.6 is 0 Å². The highest BCUT2D eigenvalue weighted by Gasteiger charge is 2.07. The lowest BCUT2D eigenvalue weighted by atomic mass is 10.2. The van der Waals surface area contributed by atoms with Crippen LogP contribution in [0.2, 0.25) is 0 Å². The first-order chi connectivity index (χ1) is 7.88. The minimum Gasteiger partial charge on any atom is -0.478 e. The molecule has 100 valence electrons. The molecule has 6 nitrogen and oxygen atoms in total. The Hall–Kier alpha value is -1.56. The molecule has 0 rings (SSSR count). The molecule has 0 bridgehead atoms. The number of carbonyl (C=O) groups excluding carboxylic acids is 1. The van der Waals surface area contributed by atoms with Gasteiger partial charge in [0.2, 0.25) is 0 Å². The summed E-state index contributed by atoms with van der Waals surface area (Å²) in [5.74, 6) is -0.998. The molecule has 1 amide bonds. The Morgan fingerprint density at radius 1 is 1.41 bits per heavy atom. The lowest BCUT2D eigenvalue weighted by molar-refractivity contribution is -0.132. The molecule has 0 heterocycles. The molecule has 0 radical (unpaired) electrons. The van der Waals surface area contributed by atoms with E-state index in [1.165, 1.54) is 13.0 Å². The van der Waals surface area contributed by atoms with Crippen LogP contribution in [-0.4, -0.2) is 43.9 Å². The second-order valence-electron chi connectivity index (χ2n) is 3.31. The highest BCUT2D eigenvalue weighted by molar-refractivity contribution is 5.86. The third-order valence-electron chi connectivity index (χ3n) is 1.46. The third kappa shape index (κ3) is 12.4. The summed E-state index contributed by atoms with van der Waals surface area (Å²) in [5.41, 5.74) is 0.189. The molecule has 0 aromatic carbocycles. The van der Waals surface area contributed by atoms with Crippen LogP contribution < -0.4 is 10.6 Å². The van der Waals surface area contributed by atoms with E-state index < -0.39 is 12.1 Å². The molecular formula is C11H22N2O4. The van der Waals surface area contributed by atoms with Gasteiger partial charge in [0.1, 0.15) is 0 Å². The third-order valence-corrected chi connectivity index (χ3v) is 1.46. The van der Waals surface area contributed by atoms with E-state index in [9.17, 15) is 9.59 Å². The van der Waals surface area contributed by atoms with Crippen molar-refractivity contribution in [2.45, 2.75) is 26.8 Å². The van der Waals surface area contributed by atoms with Crippen LogP contribution in [0.25, 0.3) is 0 Å². The van der Waals surface area contributed by atoms with E-state index in [-0.39, 0.29) is 11.6 Å². The number of carboxylic acids is 1. The van der Waals surface area contributed by atoms with E-state index in [1.54, 1.807) is 13.8 Å². The highest BCUT2D eigenvalue weighted by atomic mass is 16.5. The molecule has 0 spiro atoms. The van der Waals surface area contributed by atoms with Gasteiger partial charge in [-0.2, -0.15) is 0 Å². The second-order valence-corrected chi connectivity index (χ2v) is 3.31. The summed E-state index contributed by atoms with van der Waals surface area (Å²) in [7, 11) is 3.75. The summed E-state index contributed by atoms with van der Waals surface area (Å²) in [4.78, 5) is 21.3. The normalized spacial score (nSPS) is 11.9. The maximum absolute atomic E-state index is 10.9. The summed E-state index contributed by atoms with van der Waals surface area (Å²) < 4.78 is 4.63. The standard InChI is InChI=1S/C9H15NO4.C2H7N/c1-4-14-9(13)10-7(3)5-6(2)8(11)12;1-3-2/h5,7H,4H2,1-3H3,(H,10,13)(H,11,12);3H,1-2H3. The Kier molecular flexibility index (Phi) is 11.5. The van der Waals surface area contributed by atoms with Gasteiger partial charge in [-0.1, -0.05) is 6.08 Å². The van der Waals surface area contributed by atoms with E-state index in [0.717, 1.165) is 0 Å².